The number of esters is 1. The number of halogens is 1. The van der Waals surface area contributed by atoms with Crippen LogP contribution in [0.3, 0.4) is 0 Å². The van der Waals surface area contributed by atoms with Gasteiger partial charge in [0.05, 0.1) is 7.11 Å². The molecule has 1 unspecified atom stereocenters. The van der Waals surface area contributed by atoms with Gasteiger partial charge < -0.3 is 15.0 Å². The first kappa shape index (κ1) is 21.5. The maximum Gasteiger partial charge on any atom is 0.305 e. The zero-order valence-corrected chi connectivity index (χ0v) is 16.8. The van der Waals surface area contributed by atoms with E-state index in [1.165, 1.54) is 20.0 Å². The third kappa shape index (κ3) is 8.19. The predicted molar refractivity (Wildman–Crippen MR) is 102 cm³/mol. The SMILES string of the molecule is CN=C(NCCCCC(=O)OC)N1CCC(CC(C)C)C1.I. The molecule has 1 rings (SSSR count). The molecule has 0 aromatic carbocycles. The van der Waals surface area contributed by atoms with Crippen molar-refractivity contribution in [2.45, 2.75) is 46.0 Å². The highest BCUT2D eigenvalue weighted by molar-refractivity contribution is 14.0. The van der Waals surface area contributed by atoms with Crippen LogP contribution in [0.2, 0.25) is 0 Å². The van der Waals surface area contributed by atoms with Gasteiger partial charge >= 0.3 is 5.97 Å². The molecular formula is C16H32IN3O2. The van der Waals surface area contributed by atoms with Gasteiger partial charge in [-0.25, -0.2) is 0 Å². The molecule has 130 valence electrons. The number of hydrogen-bond donors (Lipinski definition) is 1. The van der Waals surface area contributed by atoms with E-state index in [0.29, 0.717) is 6.42 Å². The van der Waals surface area contributed by atoms with Gasteiger partial charge in [0.25, 0.3) is 0 Å². The summed E-state index contributed by atoms with van der Waals surface area (Å²) in [7, 11) is 3.27. The van der Waals surface area contributed by atoms with E-state index in [-0.39, 0.29) is 29.9 Å². The number of carbonyl (C=O) groups is 1. The number of ether oxygens (including phenoxy) is 1. The van der Waals surface area contributed by atoms with Crippen LogP contribution < -0.4 is 5.32 Å². The Bertz CT molecular complexity index is 348. The molecule has 0 aromatic heterocycles. The summed E-state index contributed by atoms with van der Waals surface area (Å²) >= 11 is 0. The van der Waals surface area contributed by atoms with E-state index in [2.05, 4.69) is 33.8 Å². The van der Waals surface area contributed by atoms with Crippen LogP contribution in [0.25, 0.3) is 0 Å². The first-order valence-electron chi connectivity index (χ1n) is 8.09. The summed E-state index contributed by atoms with van der Waals surface area (Å²) < 4.78 is 4.63. The predicted octanol–water partition coefficient (Wildman–Crippen LogP) is 2.89. The van der Waals surface area contributed by atoms with Crippen LogP contribution in [0.1, 0.15) is 46.0 Å². The second-order valence-electron chi connectivity index (χ2n) is 6.24. The van der Waals surface area contributed by atoms with Crippen LogP contribution in [0, 0.1) is 11.8 Å². The Balaban J connectivity index is 0.00000441. The molecule has 1 atom stereocenters. The highest BCUT2D eigenvalue weighted by Gasteiger charge is 2.25. The number of nitrogens with one attached hydrogen (secondary N) is 1. The molecule has 1 aliphatic rings. The fourth-order valence-electron chi connectivity index (χ4n) is 2.91. The molecule has 0 radical (unpaired) electrons. The van der Waals surface area contributed by atoms with E-state index in [0.717, 1.165) is 50.3 Å². The number of hydrogen-bond acceptors (Lipinski definition) is 3. The van der Waals surface area contributed by atoms with E-state index in [1.807, 2.05) is 7.05 Å². The smallest absolute Gasteiger partial charge is 0.305 e. The van der Waals surface area contributed by atoms with Gasteiger partial charge in [-0.2, -0.15) is 0 Å². The summed E-state index contributed by atoms with van der Waals surface area (Å²) in [6.45, 7) is 7.64. The topological polar surface area (TPSA) is 53.9 Å². The number of likely N-dealkylation sites (tertiary alicyclic amines) is 1. The molecule has 1 fully saturated rings. The van der Waals surface area contributed by atoms with Crippen LogP contribution >= 0.6 is 24.0 Å². The van der Waals surface area contributed by atoms with E-state index >= 15 is 0 Å². The van der Waals surface area contributed by atoms with Crippen molar-refractivity contribution in [3.63, 3.8) is 0 Å². The Kier molecular flexibility index (Phi) is 11.7. The highest BCUT2D eigenvalue weighted by atomic mass is 127. The second kappa shape index (κ2) is 12.0. The van der Waals surface area contributed by atoms with Crippen LogP contribution in [0.5, 0.6) is 0 Å². The molecule has 1 N–H and O–H groups in total. The molecule has 0 amide bonds. The lowest BCUT2D eigenvalue weighted by Gasteiger charge is -2.22. The number of aliphatic imine (C=N–C) groups is 1. The fraction of sp³-hybridized carbons (Fsp3) is 0.875. The molecule has 0 bridgehead atoms. The van der Waals surface area contributed by atoms with Crippen LogP contribution in [0.15, 0.2) is 4.99 Å². The molecule has 0 aliphatic carbocycles. The van der Waals surface area contributed by atoms with Crippen molar-refractivity contribution in [2.75, 3.05) is 33.8 Å². The number of guanidine groups is 1. The lowest BCUT2D eigenvalue weighted by Crippen LogP contribution is -2.40. The lowest BCUT2D eigenvalue weighted by molar-refractivity contribution is -0.140. The van der Waals surface area contributed by atoms with Crippen molar-refractivity contribution < 1.29 is 9.53 Å². The molecule has 0 saturated carbocycles. The maximum atomic E-state index is 11.0. The maximum absolute atomic E-state index is 11.0. The Morgan fingerprint density at radius 2 is 2.14 bits per heavy atom. The summed E-state index contributed by atoms with van der Waals surface area (Å²) in [5.41, 5.74) is 0. The third-order valence-electron chi connectivity index (χ3n) is 3.92. The quantitative estimate of drug-likeness (QED) is 0.224. The van der Waals surface area contributed by atoms with Crippen molar-refractivity contribution in [1.29, 1.82) is 0 Å². The second-order valence-corrected chi connectivity index (χ2v) is 6.24. The van der Waals surface area contributed by atoms with Gasteiger partial charge in [-0.15, -0.1) is 24.0 Å². The Morgan fingerprint density at radius 3 is 2.73 bits per heavy atom. The minimum atomic E-state index is -0.129. The van der Waals surface area contributed by atoms with E-state index in [1.54, 1.807) is 0 Å². The largest absolute Gasteiger partial charge is 0.469 e. The summed E-state index contributed by atoms with van der Waals surface area (Å²) in [5, 5.41) is 3.40. The molecule has 0 aromatic rings. The average molecular weight is 425 g/mol. The molecule has 5 nitrogen and oxygen atoms in total. The first-order chi connectivity index (χ1) is 10.1. The van der Waals surface area contributed by atoms with Crippen molar-refractivity contribution >= 4 is 35.9 Å². The van der Waals surface area contributed by atoms with Gasteiger partial charge in [0.1, 0.15) is 0 Å². The molecular weight excluding hydrogens is 393 g/mol. The Hall–Kier alpha value is -0.530. The lowest BCUT2D eigenvalue weighted by atomic mass is 9.97. The zero-order chi connectivity index (χ0) is 15.7. The standard InChI is InChI=1S/C16H31N3O2.HI/c1-13(2)11-14-8-10-19(12-14)16(17-3)18-9-6-5-7-15(20)21-4;/h13-14H,5-12H2,1-4H3,(H,17,18);1H. The summed E-state index contributed by atoms with van der Waals surface area (Å²) in [4.78, 5) is 17.8. The number of methoxy groups -OCH3 is 1. The van der Waals surface area contributed by atoms with E-state index in [4.69, 9.17) is 0 Å². The molecule has 0 spiro atoms. The van der Waals surface area contributed by atoms with E-state index in [9.17, 15) is 4.79 Å². The molecule has 1 saturated heterocycles. The monoisotopic (exact) mass is 425 g/mol. The Morgan fingerprint density at radius 1 is 1.41 bits per heavy atom. The van der Waals surface area contributed by atoms with Gasteiger partial charge in [-0.3, -0.25) is 9.79 Å². The average Bonchev–Trinajstić information content (AvgIpc) is 2.89. The highest BCUT2D eigenvalue weighted by Crippen LogP contribution is 2.23. The van der Waals surface area contributed by atoms with Gasteiger partial charge in [0, 0.05) is 33.1 Å². The molecule has 1 heterocycles. The first-order valence-corrected chi connectivity index (χ1v) is 8.09. The van der Waals surface area contributed by atoms with Crippen molar-refractivity contribution in [2.24, 2.45) is 16.8 Å². The van der Waals surface area contributed by atoms with Crippen molar-refractivity contribution in [3.8, 4) is 0 Å². The van der Waals surface area contributed by atoms with Gasteiger partial charge in [-0.1, -0.05) is 13.8 Å². The minimum Gasteiger partial charge on any atom is -0.469 e. The number of carbonyl (C=O) groups excluding carboxylic acids is 1. The van der Waals surface area contributed by atoms with Crippen molar-refractivity contribution in [3.05, 3.63) is 0 Å². The van der Waals surface area contributed by atoms with Gasteiger partial charge in [-0.05, 0) is 37.5 Å². The number of rotatable bonds is 7. The Labute approximate surface area is 152 Å². The van der Waals surface area contributed by atoms with Crippen LogP contribution in [-0.4, -0.2) is 50.6 Å². The molecule has 1 aliphatic heterocycles. The minimum absolute atomic E-state index is 0. The summed E-state index contributed by atoms with van der Waals surface area (Å²) in [6, 6.07) is 0. The summed E-state index contributed by atoms with van der Waals surface area (Å²) in [6.07, 6.45) is 4.87. The van der Waals surface area contributed by atoms with Crippen molar-refractivity contribution in [1.82, 2.24) is 10.2 Å². The fourth-order valence-corrected chi connectivity index (χ4v) is 2.91. The van der Waals surface area contributed by atoms with Gasteiger partial charge in [0.2, 0.25) is 0 Å². The normalized spacial score (nSPS) is 18.3. The molecule has 6 heteroatoms. The third-order valence-corrected chi connectivity index (χ3v) is 3.92. The number of unbranched alkanes of at least 4 members (excludes halogenated alkanes) is 1. The summed E-state index contributed by atoms with van der Waals surface area (Å²) in [5.74, 6) is 2.43. The zero-order valence-electron chi connectivity index (χ0n) is 14.4. The molecule has 22 heavy (non-hydrogen) atoms. The van der Waals surface area contributed by atoms with E-state index < -0.39 is 0 Å². The number of nitrogens with zero attached hydrogens (tertiary/aromatic N) is 2. The van der Waals surface area contributed by atoms with Gasteiger partial charge in [0.15, 0.2) is 5.96 Å². The van der Waals surface area contributed by atoms with Crippen LogP contribution in [-0.2, 0) is 9.53 Å². The van der Waals surface area contributed by atoms with Crippen LogP contribution in [0.4, 0.5) is 0 Å².